The Balaban J connectivity index is 0.000000487. The molecule has 0 unspecified atom stereocenters. The summed E-state index contributed by atoms with van der Waals surface area (Å²) in [6, 6.07) is 10.8. The molecule has 13 heteroatoms. The van der Waals surface area contributed by atoms with E-state index < -0.39 is 17.5 Å². The van der Waals surface area contributed by atoms with Crippen LogP contribution in [0.3, 0.4) is 0 Å². The molecule has 0 bridgehead atoms. The van der Waals surface area contributed by atoms with Crippen LogP contribution in [0.4, 0.5) is 13.2 Å². The van der Waals surface area contributed by atoms with E-state index in [1.165, 1.54) is 36.8 Å². The number of aromatic nitrogens is 4. The molecule has 0 spiro atoms. The van der Waals surface area contributed by atoms with E-state index in [1.54, 1.807) is 6.07 Å². The highest BCUT2D eigenvalue weighted by molar-refractivity contribution is 6.30. The third-order valence-corrected chi connectivity index (χ3v) is 6.40. The number of halogens is 4. The van der Waals surface area contributed by atoms with Crippen molar-refractivity contribution in [3.63, 3.8) is 0 Å². The van der Waals surface area contributed by atoms with Crippen molar-refractivity contribution in [2.75, 3.05) is 13.2 Å². The number of benzene rings is 2. The molecule has 5 rings (SSSR count). The molecule has 3 heterocycles. The van der Waals surface area contributed by atoms with Crippen molar-refractivity contribution in [2.45, 2.75) is 47.1 Å². The number of rotatable bonds is 7. The van der Waals surface area contributed by atoms with E-state index in [9.17, 15) is 13.2 Å². The lowest BCUT2D eigenvalue weighted by Gasteiger charge is -2.11. The molecule has 9 nitrogen and oxygen atoms in total. The van der Waals surface area contributed by atoms with Crippen LogP contribution < -0.4 is 10.5 Å². The molecule has 1 saturated heterocycles. The van der Waals surface area contributed by atoms with Crippen LogP contribution in [0.1, 0.15) is 56.9 Å². The summed E-state index contributed by atoms with van der Waals surface area (Å²) >= 11 is 5.74. The van der Waals surface area contributed by atoms with Crippen LogP contribution >= 0.6 is 11.6 Å². The van der Waals surface area contributed by atoms with Crippen LogP contribution in [0.25, 0.3) is 11.3 Å². The van der Waals surface area contributed by atoms with Crippen molar-refractivity contribution in [2.24, 2.45) is 16.3 Å². The molecule has 2 aromatic carbocycles. The molecule has 1 fully saturated rings. The molecule has 1 aliphatic rings. The molecule has 43 heavy (non-hydrogen) atoms. The van der Waals surface area contributed by atoms with Gasteiger partial charge in [0.25, 0.3) is 0 Å². The Morgan fingerprint density at radius 3 is 2.44 bits per heavy atom. The highest BCUT2D eigenvalue weighted by Crippen LogP contribution is 2.27. The number of H-pyrrole nitrogens is 1. The first-order chi connectivity index (χ1) is 20.5. The standard InChI is InChI=1S/C22H16ClF3N6O2.C6H12O.C2H6/c23-13-5-4-11(15(24)8-13)10-34-20-3-1-2-18(28-20)14-9-16(25)12(6-17(14)26)7-19-29-22(31-30-19)21(27)32-33;1-6(2)3-4-7-5-6;1-2/h1-6,8-9,33H,7,10H2,(H2,27,32)(H,29,30,31);3-5H2,1-2H3;1-2H3. The predicted octanol–water partition coefficient (Wildman–Crippen LogP) is 6.66. The fourth-order valence-electron chi connectivity index (χ4n) is 3.84. The number of nitrogens with zero attached hydrogens (tertiary/aromatic N) is 4. The molecule has 4 N–H and O–H groups in total. The Kier molecular flexibility index (Phi) is 11.9. The summed E-state index contributed by atoms with van der Waals surface area (Å²) in [5.41, 5.74) is 6.19. The third kappa shape index (κ3) is 9.42. The first-order valence-electron chi connectivity index (χ1n) is 13.5. The van der Waals surface area contributed by atoms with Crippen LogP contribution in [-0.4, -0.2) is 44.4 Å². The smallest absolute Gasteiger partial charge is 0.219 e. The van der Waals surface area contributed by atoms with Crippen molar-refractivity contribution in [1.82, 2.24) is 20.2 Å². The number of hydrogen-bond donors (Lipinski definition) is 3. The lowest BCUT2D eigenvalue weighted by Crippen LogP contribution is -2.15. The molecular weight excluding hydrogens is 585 g/mol. The van der Waals surface area contributed by atoms with E-state index >= 15 is 0 Å². The number of aromatic amines is 1. The van der Waals surface area contributed by atoms with Crippen LogP contribution in [0, 0.1) is 22.9 Å². The number of amidine groups is 1. The van der Waals surface area contributed by atoms with Gasteiger partial charge in [0, 0.05) is 35.2 Å². The van der Waals surface area contributed by atoms with Gasteiger partial charge in [0.1, 0.15) is 29.9 Å². The molecule has 0 atom stereocenters. The highest BCUT2D eigenvalue weighted by Gasteiger charge is 2.23. The van der Waals surface area contributed by atoms with Crippen LogP contribution in [0.15, 0.2) is 53.7 Å². The van der Waals surface area contributed by atoms with E-state index in [4.69, 9.17) is 32.0 Å². The lowest BCUT2D eigenvalue weighted by atomic mass is 9.94. The monoisotopic (exact) mass is 618 g/mol. The topological polar surface area (TPSA) is 132 Å². The Hall–Kier alpha value is -4.16. The van der Waals surface area contributed by atoms with Gasteiger partial charge >= 0.3 is 0 Å². The SMILES string of the molecule is CC.CC1(C)CCOC1.N/C(=N\O)c1n[nH]c(Cc2cc(F)c(-c3cccc(OCc4ccc(Cl)cc4F)n3)cc2F)n1. The van der Waals surface area contributed by atoms with Crippen molar-refractivity contribution < 1.29 is 27.9 Å². The average molecular weight is 619 g/mol. The minimum Gasteiger partial charge on any atom is -0.473 e. The molecule has 2 aromatic heterocycles. The van der Waals surface area contributed by atoms with Crippen molar-refractivity contribution in [3.8, 4) is 17.1 Å². The normalized spacial score (nSPS) is 13.9. The molecule has 230 valence electrons. The summed E-state index contributed by atoms with van der Waals surface area (Å²) in [5.74, 6) is -2.05. The van der Waals surface area contributed by atoms with Crippen LogP contribution in [-0.2, 0) is 17.8 Å². The summed E-state index contributed by atoms with van der Waals surface area (Å²) < 4.78 is 54.2. The van der Waals surface area contributed by atoms with Gasteiger partial charge in [-0.05, 0) is 47.7 Å². The minimum atomic E-state index is -0.721. The summed E-state index contributed by atoms with van der Waals surface area (Å²) in [4.78, 5) is 8.16. The van der Waals surface area contributed by atoms with Gasteiger partial charge in [-0.15, -0.1) is 5.10 Å². The fourth-order valence-corrected chi connectivity index (χ4v) is 4.00. The van der Waals surface area contributed by atoms with Crippen LogP contribution in [0.5, 0.6) is 5.88 Å². The fraction of sp³-hybridized carbons (Fsp3) is 0.333. The maximum absolute atomic E-state index is 14.9. The van der Waals surface area contributed by atoms with Gasteiger partial charge in [-0.3, -0.25) is 5.10 Å². The Labute approximate surface area is 252 Å². The minimum absolute atomic E-state index is 0.00840. The molecule has 0 saturated carbocycles. The van der Waals surface area contributed by atoms with Gasteiger partial charge in [0.15, 0.2) is 0 Å². The second-order valence-electron chi connectivity index (χ2n) is 10.0. The first kappa shape index (κ1) is 33.3. The molecule has 0 aliphatic carbocycles. The maximum Gasteiger partial charge on any atom is 0.219 e. The number of nitrogens with two attached hydrogens (primary N) is 1. The number of hydrogen-bond acceptors (Lipinski definition) is 7. The van der Waals surface area contributed by atoms with Gasteiger partial charge < -0.3 is 20.4 Å². The third-order valence-electron chi connectivity index (χ3n) is 6.17. The molecular formula is C30H34ClF3N6O3. The number of ether oxygens (including phenoxy) is 2. The molecule has 4 aromatic rings. The van der Waals surface area contributed by atoms with E-state index in [-0.39, 0.29) is 63.8 Å². The summed E-state index contributed by atoms with van der Waals surface area (Å²) in [6.45, 7) is 10.3. The molecule has 1 aliphatic heterocycles. The zero-order valence-electron chi connectivity index (χ0n) is 24.3. The van der Waals surface area contributed by atoms with Gasteiger partial charge in [0.2, 0.25) is 17.5 Å². The summed E-state index contributed by atoms with van der Waals surface area (Å²) in [7, 11) is 0. The van der Waals surface area contributed by atoms with E-state index in [1.807, 2.05) is 13.8 Å². The van der Waals surface area contributed by atoms with Gasteiger partial charge in [-0.25, -0.2) is 23.1 Å². The van der Waals surface area contributed by atoms with Crippen molar-refractivity contribution >= 4 is 17.4 Å². The first-order valence-corrected chi connectivity index (χ1v) is 13.9. The lowest BCUT2D eigenvalue weighted by molar-refractivity contribution is 0.167. The second kappa shape index (κ2) is 15.4. The maximum atomic E-state index is 14.9. The van der Waals surface area contributed by atoms with Crippen molar-refractivity contribution in [3.05, 3.63) is 93.8 Å². The predicted molar refractivity (Wildman–Crippen MR) is 158 cm³/mol. The second-order valence-corrected chi connectivity index (χ2v) is 10.5. The quantitative estimate of drug-likeness (QED) is 0.0913. The summed E-state index contributed by atoms with van der Waals surface area (Å²) in [6.07, 6.45) is 1.12. The Bertz CT molecular complexity index is 1540. The average Bonchev–Trinajstić information content (AvgIpc) is 3.63. The number of pyridine rings is 1. The van der Waals surface area contributed by atoms with E-state index in [0.29, 0.717) is 5.41 Å². The van der Waals surface area contributed by atoms with E-state index in [0.717, 1.165) is 25.3 Å². The zero-order chi connectivity index (χ0) is 31.6. The highest BCUT2D eigenvalue weighted by atomic mass is 35.5. The van der Waals surface area contributed by atoms with Crippen molar-refractivity contribution in [1.29, 1.82) is 0 Å². The zero-order valence-corrected chi connectivity index (χ0v) is 25.1. The number of oxime groups is 1. The van der Waals surface area contributed by atoms with Crippen LogP contribution in [0.2, 0.25) is 5.02 Å². The van der Waals surface area contributed by atoms with Gasteiger partial charge in [0.05, 0.1) is 12.3 Å². The molecule has 0 radical (unpaired) electrons. The largest absolute Gasteiger partial charge is 0.473 e. The molecule has 0 amide bonds. The Morgan fingerprint density at radius 2 is 1.81 bits per heavy atom. The Morgan fingerprint density at radius 1 is 1.07 bits per heavy atom. The van der Waals surface area contributed by atoms with Gasteiger partial charge in [-0.2, -0.15) is 0 Å². The number of nitrogens with one attached hydrogen (secondary N) is 1. The van der Waals surface area contributed by atoms with Gasteiger partial charge in [-0.1, -0.05) is 56.6 Å². The summed E-state index contributed by atoms with van der Waals surface area (Å²) in [5, 5.41) is 18.0. The van der Waals surface area contributed by atoms with E-state index in [2.05, 4.69) is 39.2 Å².